The zero-order valence-electron chi connectivity index (χ0n) is 11.4. The number of aromatic hydroxyl groups is 1. The molecule has 3 unspecified atom stereocenters. The van der Waals surface area contributed by atoms with E-state index in [0.29, 0.717) is 5.57 Å². The second-order valence-electron chi connectivity index (χ2n) is 5.39. The topological polar surface area (TPSA) is 55.8 Å². The molecule has 1 aromatic carbocycles. The molecule has 20 heavy (non-hydrogen) atoms. The van der Waals surface area contributed by atoms with Crippen molar-refractivity contribution >= 4 is 11.4 Å². The average molecular weight is 274 g/mol. The monoisotopic (exact) mass is 274 g/mol. The molecule has 0 amide bonds. The first-order valence-corrected chi connectivity index (χ1v) is 6.91. The molecule has 1 fully saturated rings. The van der Waals surface area contributed by atoms with E-state index in [1.807, 2.05) is 0 Å². The molecular formula is C16H18O4. The second-order valence-corrected chi connectivity index (χ2v) is 5.39. The van der Waals surface area contributed by atoms with Crippen molar-refractivity contribution in [3.05, 3.63) is 36.1 Å². The maximum absolute atomic E-state index is 12.6. The molecule has 1 saturated carbocycles. The number of allylic oxidation sites excluding steroid dienone is 1. The maximum atomic E-state index is 12.6. The number of phenols is 1. The van der Waals surface area contributed by atoms with Gasteiger partial charge in [0.1, 0.15) is 11.9 Å². The summed E-state index contributed by atoms with van der Waals surface area (Å²) in [7, 11) is 1.70. The lowest BCUT2D eigenvalue weighted by Crippen LogP contribution is -2.41. The lowest BCUT2D eigenvalue weighted by atomic mass is 9.78. The molecule has 1 heterocycles. The third kappa shape index (κ3) is 2.31. The van der Waals surface area contributed by atoms with E-state index in [0.717, 1.165) is 24.8 Å². The summed E-state index contributed by atoms with van der Waals surface area (Å²) in [6.07, 6.45) is 4.16. The van der Waals surface area contributed by atoms with Gasteiger partial charge in [0, 0.05) is 13.5 Å². The fourth-order valence-electron chi connectivity index (χ4n) is 3.02. The second kappa shape index (κ2) is 5.29. The van der Waals surface area contributed by atoms with Crippen molar-refractivity contribution in [2.24, 2.45) is 5.92 Å². The highest BCUT2D eigenvalue weighted by atomic mass is 16.5. The van der Waals surface area contributed by atoms with Crippen LogP contribution in [0.15, 0.2) is 30.5 Å². The van der Waals surface area contributed by atoms with Crippen LogP contribution in [0.4, 0.5) is 0 Å². The van der Waals surface area contributed by atoms with Crippen LogP contribution in [0.3, 0.4) is 0 Å². The molecule has 1 N–H and O–H groups in total. The molecule has 3 rings (SSSR count). The van der Waals surface area contributed by atoms with E-state index < -0.39 is 0 Å². The maximum Gasteiger partial charge on any atom is 0.173 e. The zero-order chi connectivity index (χ0) is 14.1. The number of phenolic OH excluding ortho intramolecular Hbond substituents is 1. The minimum absolute atomic E-state index is 0.0675. The van der Waals surface area contributed by atoms with Gasteiger partial charge in [0.25, 0.3) is 0 Å². The van der Waals surface area contributed by atoms with Crippen LogP contribution in [0.1, 0.15) is 24.8 Å². The van der Waals surface area contributed by atoms with Crippen LogP contribution in [0.5, 0.6) is 5.75 Å². The van der Waals surface area contributed by atoms with Gasteiger partial charge in [-0.2, -0.15) is 0 Å². The summed E-state index contributed by atoms with van der Waals surface area (Å²) < 4.78 is 11.1. The van der Waals surface area contributed by atoms with Crippen LogP contribution in [-0.4, -0.2) is 30.2 Å². The molecule has 0 saturated heterocycles. The SMILES string of the molecule is COC1CCC2C(=O)C(c3ccc(O)cc3)=COC2C1. The number of rotatable bonds is 2. The molecular weight excluding hydrogens is 256 g/mol. The summed E-state index contributed by atoms with van der Waals surface area (Å²) in [4.78, 5) is 12.6. The molecule has 1 aromatic rings. The number of ether oxygens (including phenoxy) is 2. The van der Waals surface area contributed by atoms with Gasteiger partial charge < -0.3 is 14.6 Å². The molecule has 1 aliphatic heterocycles. The summed E-state index contributed by atoms with van der Waals surface area (Å²) in [6.45, 7) is 0. The van der Waals surface area contributed by atoms with Gasteiger partial charge in [-0.1, -0.05) is 12.1 Å². The Balaban J connectivity index is 1.83. The van der Waals surface area contributed by atoms with Gasteiger partial charge >= 0.3 is 0 Å². The number of Topliss-reactive ketones (excluding diaryl/α,β-unsaturated/α-hetero) is 1. The Morgan fingerprint density at radius 3 is 2.70 bits per heavy atom. The normalized spacial score (nSPS) is 29.4. The number of carbonyl (C=O) groups excluding carboxylic acids is 1. The van der Waals surface area contributed by atoms with Crippen LogP contribution in [0, 0.1) is 5.92 Å². The Morgan fingerprint density at radius 1 is 1.25 bits per heavy atom. The lowest BCUT2D eigenvalue weighted by Gasteiger charge is -2.37. The van der Waals surface area contributed by atoms with E-state index in [-0.39, 0.29) is 29.7 Å². The van der Waals surface area contributed by atoms with Crippen LogP contribution in [0.2, 0.25) is 0 Å². The van der Waals surface area contributed by atoms with Crippen molar-refractivity contribution in [2.45, 2.75) is 31.5 Å². The van der Waals surface area contributed by atoms with E-state index >= 15 is 0 Å². The van der Waals surface area contributed by atoms with Crippen LogP contribution < -0.4 is 0 Å². The number of hydrogen-bond donors (Lipinski definition) is 1. The Morgan fingerprint density at radius 2 is 2.00 bits per heavy atom. The highest BCUT2D eigenvalue weighted by Gasteiger charge is 2.40. The van der Waals surface area contributed by atoms with E-state index in [1.54, 1.807) is 37.6 Å². The van der Waals surface area contributed by atoms with E-state index in [4.69, 9.17) is 9.47 Å². The highest BCUT2D eigenvalue weighted by molar-refractivity contribution is 6.22. The number of ketones is 1. The van der Waals surface area contributed by atoms with Crippen LogP contribution in [0.25, 0.3) is 5.57 Å². The fraction of sp³-hybridized carbons (Fsp3) is 0.438. The lowest BCUT2D eigenvalue weighted by molar-refractivity contribution is -0.127. The molecule has 4 nitrogen and oxygen atoms in total. The van der Waals surface area contributed by atoms with Gasteiger partial charge in [0.2, 0.25) is 0 Å². The Kier molecular flexibility index (Phi) is 3.49. The van der Waals surface area contributed by atoms with Crippen molar-refractivity contribution in [1.82, 2.24) is 0 Å². The average Bonchev–Trinajstić information content (AvgIpc) is 2.48. The summed E-state index contributed by atoms with van der Waals surface area (Å²) in [5.74, 6) is 0.258. The minimum Gasteiger partial charge on any atom is -0.508 e. The van der Waals surface area contributed by atoms with Crippen molar-refractivity contribution < 1.29 is 19.4 Å². The summed E-state index contributed by atoms with van der Waals surface area (Å²) in [6, 6.07) is 6.64. The zero-order valence-corrected chi connectivity index (χ0v) is 11.4. The predicted molar refractivity (Wildman–Crippen MR) is 74.1 cm³/mol. The van der Waals surface area contributed by atoms with Crippen LogP contribution in [-0.2, 0) is 14.3 Å². The number of carbonyl (C=O) groups is 1. The molecule has 106 valence electrons. The summed E-state index contributed by atoms with van der Waals surface area (Å²) >= 11 is 0. The van der Waals surface area contributed by atoms with E-state index in [2.05, 4.69) is 0 Å². The van der Waals surface area contributed by atoms with Gasteiger partial charge in [0.15, 0.2) is 5.78 Å². The molecule has 4 heteroatoms. The van der Waals surface area contributed by atoms with Gasteiger partial charge in [-0.3, -0.25) is 4.79 Å². The van der Waals surface area contributed by atoms with Crippen molar-refractivity contribution in [1.29, 1.82) is 0 Å². The third-order valence-corrected chi connectivity index (χ3v) is 4.22. The standard InChI is InChI=1S/C16H18O4/c1-19-12-6-7-13-15(8-12)20-9-14(16(13)18)10-2-4-11(17)5-3-10/h2-5,9,12-13,15,17H,6-8H2,1H3. The summed E-state index contributed by atoms with van der Waals surface area (Å²) in [5, 5.41) is 9.32. The Bertz CT molecular complexity index is 532. The van der Waals surface area contributed by atoms with Crippen molar-refractivity contribution in [2.75, 3.05) is 7.11 Å². The van der Waals surface area contributed by atoms with Gasteiger partial charge in [-0.05, 0) is 30.5 Å². The molecule has 2 aliphatic rings. The number of fused-ring (bicyclic) bond motifs is 1. The van der Waals surface area contributed by atoms with E-state index in [1.165, 1.54) is 0 Å². The smallest absolute Gasteiger partial charge is 0.173 e. The molecule has 0 spiro atoms. The Labute approximate surface area is 118 Å². The highest BCUT2D eigenvalue weighted by Crippen LogP contribution is 2.37. The largest absolute Gasteiger partial charge is 0.508 e. The molecule has 1 aliphatic carbocycles. The Hall–Kier alpha value is -1.81. The predicted octanol–water partition coefficient (Wildman–Crippen LogP) is 2.52. The summed E-state index contributed by atoms with van der Waals surface area (Å²) in [5.41, 5.74) is 1.39. The van der Waals surface area contributed by atoms with Crippen molar-refractivity contribution in [3.63, 3.8) is 0 Å². The molecule has 0 radical (unpaired) electrons. The van der Waals surface area contributed by atoms with Gasteiger partial charge in [0.05, 0.1) is 23.9 Å². The number of methoxy groups -OCH3 is 1. The number of hydrogen-bond acceptors (Lipinski definition) is 4. The number of benzene rings is 1. The van der Waals surface area contributed by atoms with Gasteiger partial charge in [-0.25, -0.2) is 0 Å². The van der Waals surface area contributed by atoms with Gasteiger partial charge in [-0.15, -0.1) is 0 Å². The van der Waals surface area contributed by atoms with Crippen LogP contribution >= 0.6 is 0 Å². The van der Waals surface area contributed by atoms with Crippen molar-refractivity contribution in [3.8, 4) is 5.75 Å². The first-order chi connectivity index (χ1) is 9.69. The van der Waals surface area contributed by atoms with E-state index in [9.17, 15) is 9.90 Å². The fourth-order valence-corrected chi connectivity index (χ4v) is 3.02. The molecule has 0 aromatic heterocycles. The molecule has 3 atom stereocenters. The minimum atomic E-state index is -0.0739. The quantitative estimate of drug-likeness (QED) is 0.900. The molecule has 0 bridgehead atoms. The third-order valence-electron chi connectivity index (χ3n) is 4.22. The first-order valence-electron chi connectivity index (χ1n) is 6.91. The first kappa shape index (κ1) is 13.2.